The summed E-state index contributed by atoms with van der Waals surface area (Å²) >= 11 is 3.45. The van der Waals surface area contributed by atoms with Gasteiger partial charge in [0, 0.05) is 12.1 Å². The molecule has 6 nitrogen and oxygen atoms in total. The van der Waals surface area contributed by atoms with Gasteiger partial charge in [-0.1, -0.05) is 25.3 Å². The molecule has 0 radical (unpaired) electrons. The van der Waals surface area contributed by atoms with Crippen LogP contribution >= 0.6 is 15.9 Å². The van der Waals surface area contributed by atoms with Gasteiger partial charge in [0.25, 0.3) is 0 Å². The number of imide groups is 1. The average Bonchev–Trinajstić information content (AvgIpc) is 2.60. The Balaban J connectivity index is 1.74. The lowest BCUT2D eigenvalue weighted by Gasteiger charge is -2.22. The van der Waals surface area contributed by atoms with Gasteiger partial charge in [0.05, 0.1) is 18.1 Å². The van der Waals surface area contributed by atoms with E-state index in [-0.39, 0.29) is 24.5 Å². The van der Waals surface area contributed by atoms with Crippen molar-refractivity contribution in [2.45, 2.75) is 51.1 Å². The Morgan fingerprint density at radius 1 is 1.28 bits per heavy atom. The topological polar surface area (TPSA) is 79.5 Å². The van der Waals surface area contributed by atoms with Crippen LogP contribution in [0.4, 0.5) is 4.79 Å². The molecule has 0 spiro atoms. The van der Waals surface area contributed by atoms with Crippen LogP contribution in [0.2, 0.25) is 0 Å². The summed E-state index contributed by atoms with van der Waals surface area (Å²) in [5.74, 6) is 0.417. The van der Waals surface area contributed by atoms with E-state index in [0.717, 1.165) is 41.5 Å². The second kappa shape index (κ2) is 9.77. The zero-order chi connectivity index (χ0) is 18.2. The number of benzene rings is 1. The van der Waals surface area contributed by atoms with E-state index in [1.54, 1.807) is 7.11 Å². The maximum Gasteiger partial charge on any atom is 0.321 e. The van der Waals surface area contributed by atoms with Crippen molar-refractivity contribution in [1.82, 2.24) is 16.0 Å². The van der Waals surface area contributed by atoms with E-state index in [0.29, 0.717) is 0 Å². The first kappa shape index (κ1) is 19.7. The van der Waals surface area contributed by atoms with E-state index in [1.807, 2.05) is 25.1 Å². The van der Waals surface area contributed by atoms with Crippen molar-refractivity contribution in [2.24, 2.45) is 0 Å². The fourth-order valence-electron chi connectivity index (χ4n) is 2.95. The summed E-state index contributed by atoms with van der Waals surface area (Å²) in [7, 11) is 1.62. The van der Waals surface area contributed by atoms with Crippen LogP contribution < -0.4 is 20.7 Å². The summed E-state index contributed by atoms with van der Waals surface area (Å²) in [5, 5.41) is 8.37. The molecule has 1 atom stereocenters. The Morgan fingerprint density at radius 3 is 2.64 bits per heavy atom. The van der Waals surface area contributed by atoms with Crippen LogP contribution in [-0.4, -0.2) is 31.6 Å². The standard InChI is InChI=1S/C18H26BrN3O3/c1-12(13-8-9-16(25-2)15(19)10-13)20-11-17(23)22-18(24)21-14-6-4-3-5-7-14/h8-10,12,14,20H,3-7,11H2,1-2H3,(H2,21,22,23,24)/t12-/m0/s1. The highest BCUT2D eigenvalue weighted by Crippen LogP contribution is 2.27. The number of carbonyl (C=O) groups excluding carboxylic acids is 2. The van der Waals surface area contributed by atoms with Gasteiger partial charge in [-0.25, -0.2) is 4.79 Å². The van der Waals surface area contributed by atoms with Gasteiger partial charge >= 0.3 is 6.03 Å². The summed E-state index contributed by atoms with van der Waals surface area (Å²) in [6.07, 6.45) is 5.47. The van der Waals surface area contributed by atoms with Crippen LogP contribution in [0.15, 0.2) is 22.7 Å². The highest BCUT2D eigenvalue weighted by Gasteiger charge is 2.17. The molecule has 1 aliphatic rings. The Hall–Kier alpha value is -1.60. The minimum Gasteiger partial charge on any atom is -0.496 e. The molecule has 0 heterocycles. The van der Waals surface area contributed by atoms with Gasteiger partial charge in [0.1, 0.15) is 5.75 Å². The average molecular weight is 412 g/mol. The number of amides is 3. The van der Waals surface area contributed by atoms with Crippen LogP contribution in [0.1, 0.15) is 50.6 Å². The molecular weight excluding hydrogens is 386 g/mol. The number of hydrogen-bond acceptors (Lipinski definition) is 4. The molecule has 1 fully saturated rings. The number of ether oxygens (including phenoxy) is 1. The third-order valence-corrected chi connectivity index (χ3v) is 5.06. The summed E-state index contributed by atoms with van der Waals surface area (Å²) in [6.45, 7) is 2.03. The predicted molar refractivity (Wildman–Crippen MR) is 101 cm³/mol. The number of urea groups is 1. The molecular formula is C18H26BrN3O3. The predicted octanol–water partition coefficient (Wildman–Crippen LogP) is 3.27. The molecule has 2 rings (SSSR count). The van der Waals surface area contributed by atoms with E-state index >= 15 is 0 Å². The lowest BCUT2D eigenvalue weighted by Crippen LogP contribution is -2.47. The molecule has 138 valence electrons. The number of hydrogen-bond donors (Lipinski definition) is 3. The number of halogens is 1. The van der Waals surface area contributed by atoms with Gasteiger partial charge in [-0.15, -0.1) is 0 Å². The minimum atomic E-state index is -0.404. The molecule has 3 amide bonds. The highest BCUT2D eigenvalue weighted by atomic mass is 79.9. The van der Waals surface area contributed by atoms with Crippen molar-refractivity contribution in [1.29, 1.82) is 0 Å². The normalized spacial score (nSPS) is 16.1. The SMILES string of the molecule is COc1ccc([C@H](C)NCC(=O)NC(=O)NC2CCCCC2)cc1Br. The van der Waals surface area contributed by atoms with Crippen molar-refractivity contribution in [3.8, 4) is 5.75 Å². The van der Waals surface area contributed by atoms with Crippen molar-refractivity contribution in [3.05, 3.63) is 28.2 Å². The number of carbonyl (C=O) groups is 2. The van der Waals surface area contributed by atoms with E-state index in [9.17, 15) is 9.59 Å². The quantitative estimate of drug-likeness (QED) is 0.670. The number of nitrogens with one attached hydrogen (secondary N) is 3. The lowest BCUT2D eigenvalue weighted by molar-refractivity contribution is -0.119. The Morgan fingerprint density at radius 2 is 2.00 bits per heavy atom. The fourth-order valence-corrected chi connectivity index (χ4v) is 3.51. The van der Waals surface area contributed by atoms with Crippen molar-refractivity contribution >= 4 is 27.9 Å². The van der Waals surface area contributed by atoms with E-state index in [4.69, 9.17) is 4.74 Å². The van der Waals surface area contributed by atoms with Crippen LogP contribution in [-0.2, 0) is 4.79 Å². The van der Waals surface area contributed by atoms with Crippen molar-refractivity contribution in [2.75, 3.05) is 13.7 Å². The molecule has 0 saturated heterocycles. The molecule has 0 bridgehead atoms. The minimum absolute atomic E-state index is 0.0330. The van der Waals surface area contributed by atoms with Gasteiger partial charge < -0.3 is 15.4 Å². The molecule has 1 aliphatic carbocycles. The first-order valence-electron chi connectivity index (χ1n) is 8.66. The molecule has 1 aromatic rings. The largest absolute Gasteiger partial charge is 0.496 e. The zero-order valence-electron chi connectivity index (χ0n) is 14.7. The number of rotatable bonds is 6. The van der Waals surface area contributed by atoms with Crippen LogP contribution in [0.3, 0.4) is 0 Å². The summed E-state index contributed by atoms with van der Waals surface area (Å²) in [5.41, 5.74) is 1.02. The molecule has 1 saturated carbocycles. The van der Waals surface area contributed by atoms with Crippen molar-refractivity contribution in [3.63, 3.8) is 0 Å². The van der Waals surface area contributed by atoms with E-state index < -0.39 is 6.03 Å². The fraction of sp³-hybridized carbons (Fsp3) is 0.556. The maximum atomic E-state index is 11.9. The maximum absolute atomic E-state index is 11.9. The molecule has 3 N–H and O–H groups in total. The third kappa shape index (κ3) is 6.32. The third-order valence-electron chi connectivity index (χ3n) is 4.44. The molecule has 25 heavy (non-hydrogen) atoms. The van der Waals surface area contributed by atoms with E-state index in [2.05, 4.69) is 31.9 Å². The van der Waals surface area contributed by atoms with Gasteiger partial charge in [-0.05, 0) is 53.4 Å². The molecule has 0 unspecified atom stereocenters. The molecule has 1 aromatic carbocycles. The van der Waals surface area contributed by atoms with Gasteiger partial charge in [0.15, 0.2) is 0 Å². The van der Waals surface area contributed by atoms with Crippen LogP contribution in [0.25, 0.3) is 0 Å². The molecule has 0 aromatic heterocycles. The van der Waals surface area contributed by atoms with Crippen LogP contribution in [0, 0.1) is 0 Å². The van der Waals surface area contributed by atoms with Gasteiger partial charge in [-0.3, -0.25) is 10.1 Å². The monoisotopic (exact) mass is 411 g/mol. The highest BCUT2D eigenvalue weighted by molar-refractivity contribution is 9.10. The Labute approximate surface area is 157 Å². The van der Waals surface area contributed by atoms with Gasteiger partial charge in [0.2, 0.25) is 5.91 Å². The van der Waals surface area contributed by atoms with Crippen molar-refractivity contribution < 1.29 is 14.3 Å². The first-order chi connectivity index (χ1) is 12.0. The summed E-state index contributed by atoms with van der Waals surface area (Å²) in [6, 6.07) is 5.51. The second-order valence-corrected chi connectivity index (χ2v) is 7.21. The summed E-state index contributed by atoms with van der Waals surface area (Å²) in [4.78, 5) is 23.8. The Kier molecular flexibility index (Phi) is 7.71. The lowest BCUT2D eigenvalue weighted by atomic mass is 9.96. The summed E-state index contributed by atoms with van der Waals surface area (Å²) < 4.78 is 6.07. The number of methoxy groups -OCH3 is 1. The first-order valence-corrected chi connectivity index (χ1v) is 9.46. The van der Waals surface area contributed by atoms with Crippen LogP contribution in [0.5, 0.6) is 5.75 Å². The molecule has 7 heteroatoms. The smallest absolute Gasteiger partial charge is 0.321 e. The Bertz CT molecular complexity index is 603. The van der Waals surface area contributed by atoms with E-state index in [1.165, 1.54) is 6.42 Å². The zero-order valence-corrected chi connectivity index (χ0v) is 16.3. The van der Waals surface area contributed by atoms with Gasteiger partial charge in [-0.2, -0.15) is 0 Å². The molecule has 0 aliphatic heterocycles. The second-order valence-electron chi connectivity index (χ2n) is 6.35.